The van der Waals surface area contributed by atoms with Crippen molar-refractivity contribution in [3.8, 4) is 16.9 Å². The van der Waals surface area contributed by atoms with E-state index < -0.39 is 0 Å². The largest absolute Gasteiger partial charge is 0.496 e. The van der Waals surface area contributed by atoms with Crippen molar-refractivity contribution in [3.05, 3.63) is 36.2 Å². The van der Waals surface area contributed by atoms with Gasteiger partial charge in [0, 0.05) is 24.4 Å². The maximum absolute atomic E-state index is 11.5. The lowest BCUT2D eigenvalue weighted by Gasteiger charge is -2.09. The number of ether oxygens (including phenoxy) is 2. The Bertz CT molecular complexity index is 605. The number of carbonyl (C=O) groups is 1. The van der Waals surface area contributed by atoms with E-state index in [1.807, 2.05) is 31.4 Å². The van der Waals surface area contributed by atoms with Gasteiger partial charge in [-0.2, -0.15) is 5.10 Å². The molecule has 20 heavy (non-hydrogen) atoms. The molecule has 0 amide bonds. The van der Waals surface area contributed by atoms with Crippen LogP contribution in [0.1, 0.15) is 12.5 Å². The third-order valence-electron chi connectivity index (χ3n) is 2.97. The lowest BCUT2D eigenvalue weighted by Crippen LogP contribution is -2.08. The first-order valence-corrected chi connectivity index (χ1v) is 6.45. The van der Waals surface area contributed by atoms with E-state index in [0.29, 0.717) is 12.4 Å². The molecule has 0 aliphatic heterocycles. The minimum absolute atomic E-state index is 0.213. The van der Waals surface area contributed by atoms with Crippen LogP contribution in [-0.4, -0.2) is 29.5 Å². The molecule has 0 saturated carbocycles. The molecule has 0 saturated heterocycles. The van der Waals surface area contributed by atoms with Crippen LogP contribution in [0.15, 0.2) is 30.6 Å². The first kappa shape index (κ1) is 14.1. The lowest BCUT2D eigenvalue weighted by molar-refractivity contribution is -0.142. The zero-order valence-corrected chi connectivity index (χ0v) is 11.9. The zero-order chi connectivity index (χ0) is 14.5. The number of aryl methyl sites for hydroxylation is 1. The van der Waals surface area contributed by atoms with Crippen molar-refractivity contribution in [2.45, 2.75) is 13.3 Å². The highest BCUT2D eigenvalue weighted by atomic mass is 16.5. The molecule has 0 aliphatic rings. The minimum atomic E-state index is -0.250. The predicted molar refractivity (Wildman–Crippen MR) is 75.5 cm³/mol. The number of nitrogens with zero attached hydrogens (tertiary/aromatic N) is 2. The molecule has 1 aromatic heterocycles. The fraction of sp³-hybridized carbons (Fsp3) is 0.333. The molecule has 0 aliphatic carbocycles. The Kier molecular flexibility index (Phi) is 4.40. The quantitative estimate of drug-likeness (QED) is 0.784. The predicted octanol–water partition coefficient (Wildman–Crippen LogP) is 2.20. The molecule has 0 fully saturated rings. The van der Waals surface area contributed by atoms with Crippen molar-refractivity contribution in [1.82, 2.24) is 9.78 Å². The second kappa shape index (κ2) is 6.23. The highest BCUT2D eigenvalue weighted by Crippen LogP contribution is 2.27. The summed E-state index contributed by atoms with van der Waals surface area (Å²) in [5.41, 5.74) is 2.83. The Morgan fingerprint density at radius 2 is 2.15 bits per heavy atom. The monoisotopic (exact) mass is 274 g/mol. The van der Waals surface area contributed by atoms with E-state index in [2.05, 4.69) is 5.10 Å². The lowest BCUT2D eigenvalue weighted by atomic mass is 10.0. The Labute approximate surface area is 118 Å². The summed E-state index contributed by atoms with van der Waals surface area (Å²) in [6, 6.07) is 5.75. The van der Waals surface area contributed by atoms with Crippen molar-refractivity contribution in [2.24, 2.45) is 7.05 Å². The smallest absolute Gasteiger partial charge is 0.310 e. The standard InChI is InChI=1S/C15H18N2O3/c1-4-20-15(18)8-12-6-5-11(7-14(12)19-3)13-9-16-17(2)10-13/h5-7,9-10H,4,8H2,1-3H3. The number of aromatic nitrogens is 2. The number of hydrogen-bond donors (Lipinski definition) is 0. The van der Waals surface area contributed by atoms with Gasteiger partial charge >= 0.3 is 5.97 Å². The fourth-order valence-corrected chi connectivity index (χ4v) is 2.01. The number of carbonyl (C=O) groups excluding carboxylic acids is 1. The molecule has 0 atom stereocenters. The van der Waals surface area contributed by atoms with E-state index in [1.165, 1.54) is 0 Å². The van der Waals surface area contributed by atoms with Gasteiger partial charge in [0.25, 0.3) is 0 Å². The average Bonchev–Trinajstić information content (AvgIpc) is 2.86. The first-order valence-electron chi connectivity index (χ1n) is 6.45. The number of esters is 1. The van der Waals surface area contributed by atoms with Gasteiger partial charge in [-0.25, -0.2) is 0 Å². The van der Waals surface area contributed by atoms with Crippen LogP contribution < -0.4 is 4.74 Å². The summed E-state index contributed by atoms with van der Waals surface area (Å²) in [5.74, 6) is 0.430. The third-order valence-corrected chi connectivity index (χ3v) is 2.97. The molecule has 0 spiro atoms. The van der Waals surface area contributed by atoms with Crippen LogP contribution in [0.25, 0.3) is 11.1 Å². The molecule has 0 N–H and O–H groups in total. The topological polar surface area (TPSA) is 53.3 Å². The van der Waals surface area contributed by atoms with Crippen LogP contribution in [0.5, 0.6) is 5.75 Å². The van der Waals surface area contributed by atoms with Crippen LogP contribution in [0.4, 0.5) is 0 Å². The Morgan fingerprint density at radius 1 is 1.35 bits per heavy atom. The second-order valence-electron chi connectivity index (χ2n) is 4.41. The summed E-state index contributed by atoms with van der Waals surface area (Å²) in [6.45, 7) is 2.18. The normalized spacial score (nSPS) is 10.3. The minimum Gasteiger partial charge on any atom is -0.496 e. The SMILES string of the molecule is CCOC(=O)Cc1ccc(-c2cnn(C)c2)cc1OC. The second-order valence-corrected chi connectivity index (χ2v) is 4.41. The summed E-state index contributed by atoms with van der Waals surface area (Å²) >= 11 is 0. The van der Waals surface area contributed by atoms with Gasteiger partial charge in [-0.05, 0) is 18.6 Å². The molecule has 5 nitrogen and oxygen atoms in total. The summed E-state index contributed by atoms with van der Waals surface area (Å²) in [7, 11) is 3.47. The van der Waals surface area contributed by atoms with Gasteiger partial charge in [0.05, 0.1) is 26.3 Å². The number of rotatable bonds is 5. The van der Waals surface area contributed by atoms with Crippen molar-refractivity contribution >= 4 is 5.97 Å². The van der Waals surface area contributed by atoms with E-state index >= 15 is 0 Å². The van der Waals surface area contributed by atoms with Gasteiger partial charge in [-0.3, -0.25) is 9.48 Å². The highest BCUT2D eigenvalue weighted by Gasteiger charge is 2.11. The van der Waals surface area contributed by atoms with Crippen molar-refractivity contribution in [1.29, 1.82) is 0 Å². The Hall–Kier alpha value is -2.30. The van der Waals surface area contributed by atoms with E-state index in [0.717, 1.165) is 16.7 Å². The summed E-state index contributed by atoms with van der Waals surface area (Å²) in [4.78, 5) is 11.5. The van der Waals surface area contributed by atoms with Crippen LogP contribution >= 0.6 is 0 Å². The number of hydrogen-bond acceptors (Lipinski definition) is 4. The van der Waals surface area contributed by atoms with Gasteiger partial charge in [0.1, 0.15) is 5.75 Å². The summed E-state index contributed by atoms with van der Waals surface area (Å²) < 4.78 is 12.1. The van der Waals surface area contributed by atoms with Gasteiger partial charge in [-0.1, -0.05) is 12.1 Å². The molecule has 1 heterocycles. The third kappa shape index (κ3) is 3.17. The van der Waals surface area contributed by atoms with Crippen LogP contribution in [0.2, 0.25) is 0 Å². The van der Waals surface area contributed by atoms with Crippen LogP contribution in [0.3, 0.4) is 0 Å². The van der Waals surface area contributed by atoms with Gasteiger partial charge < -0.3 is 9.47 Å². The fourth-order valence-electron chi connectivity index (χ4n) is 2.01. The molecule has 2 aromatic rings. The molecular weight excluding hydrogens is 256 g/mol. The molecule has 0 unspecified atom stereocenters. The molecule has 0 radical (unpaired) electrons. The number of benzene rings is 1. The molecule has 0 bridgehead atoms. The van der Waals surface area contributed by atoms with Crippen LogP contribution in [0, 0.1) is 0 Å². The Morgan fingerprint density at radius 3 is 2.75 bits per heavy atom. The zero-order valence-electron chi connectivity index (χ0n) is 11.9. The van der Waals surface area contributed by atoms with Crippen molar-refractivity contribution < 1.29 is 14.3 Å². The van der Waals surface area contributed by atoms with Gasteiger partial charge in [0.2, 0.25) is 0 Å². The van der Waals surface area contributed by atoms with E-state index in [-0.39, 0.29) is 12.4 Å². The van der Waals surface area contributed by atoms with Gasteiger partial charge in [-0.15, -0.1) is 0 Å². The number of methoxy groups -OCH3 is 1. The summed E-state index contributed by atoms with van der Waals surface area (Å²) in [6.07, 6.45) is 3.93. The van der Waals surface area contributed by atoms with Crippen molar-refractivity contribution in [2.75, 3.05) is 13.7 Å². The molecule has 1 aromatic carbocycles. The highest BCUT2D eigenvalue weighted by molar-refractivity contribution is 5.75. The maximum Gasteiger partial charge on any atom is 0.310 e. The molecule has 5 heteroatoms. The molecular formula is C15H18N2O3. The van der Waals surface area contributed by atoms with Gasteiger partial charge in [0.15, 0.2) is 0 Å². The van der Waals surface area contributed by atoms with E-state index in [1.54, 1.807) is 24.9 Å². The first-order chi connectivity index (χ1) is 9.63. The molecule has 2 rings (SSSR count). The average molecular weight is 274 g/mol. The van der Waals surface area contributed by atoms with E-state index in [9.17, 15) is 4.79 Å². The summed E-state index contributed by atoms with van der Waals surface area (Å²) in [5, 5.41) is 4.15. The molecule has 106 valence electrons. The Balaban J connectivity index is 2.26. The van der Waals surface area contributed by atoms with E-state index in [4.69, 9.17) is 9.47 Å². The maximum atomic E-state index is 11.5. The van der Waals surface area contributed by atoms with Crippen molar-refractivity contribution in [3.63, 3.8) is 0 Å². The van der Waals surface area contributed by atoms with Crippen LogP contribution in [-0.2, 0) is 23.0 Å².